The summed E-state index contributed by atoms with van der Waals surface area (Å²) in [6.45, 7) is 3.34. The Kier molecular flexibility index (Phi) is 4.59. The second kappa shape index (κ2) is 7.27. The van der Waals surface area contributed by atoms with Gasteiger partial charge >= 0.3 is 0 Å². The highest BCUT2D eigenvalue weighted by Crippen LogP contribution is 2.48. The molecule has 4 heteroatoms. The summed E-state index contributed by atoms with van der Waals surface area (Å²) in [6.07, 6.45) is 4.60. The first-order valence-electron chi connectivity index (χ1n) is 10.4. The van der Waals surface area contributed by atoms with Crippen molar-refractivity contribution < 1.29 is 9.53 Å². The SMILES string of the molecule is Cc1ccc(C2(C(=O)N[C@H]3COC[C@H]3Cc3ccnc4ccccc34)CC2)cc1. The summed E-state index contributed by atoms with van der Waals surface area (Å²) in [5.41, 5.74) is 4.30. The van der Waals surface area contributed by atoms with Crippen LogP contribution in [0.1, 0.15) is 29.5 Å². The average molecular weight is 386 g/mol. The topological polar surface area (TPSA) is 51.2 Å². The first-order chi connectivity index (χ1) is 14.2. The minimum Gasteiger partial charge on any atom is -0.379 e. The number of hydrogen-bond acceptors (Lipinski definition) is 3. The molecule has 0 spiro atoms. The molecule has 2 atom stereocenters. The Morgan fingerprint density at radius 1 is 1.10 bits per heavy atom. The minimum atomic E-state index is -0.343. The van der Waals surface area contributed by atoms with Crippen LogP contribution in [0.25, 0.3) is 10.9 Å². The van der Waals surface area contributed by atoms with Gasteiger partial charge in [0.05, 0.1) is 30.2 Å². The van der Waals surface area contributed by atoms with E-state index in [0.717, 1.165) is 30.3 Å². The largest absolute Gasteiger partial charge is 0.379 e. The summed E-state index contributed by atoms with van der Waals surface area (Å²) in [5, 5.41) is 4.52. The highest BCUT2D eigenvalue weighted by Gasteiger charge is 2.52. The van der Waals surface area contributed by atoms with E-state index in [1.807, 2.05) is 18.3 Å². The maximum Gasteiger partial charge on any atom is 0.230 e. The predicted octanol–water partition coefficient (Wildman–Crippen LogP) is 3.95. The van der Waals surface area contributed by atoms with E-state index in [0.29, 0.717) is 13.2 Å². The van der Waals surface area contributed by atoms with Gasteiger partial charge in [0.15, 0.2) is 0 Å². The fourth-order valence-electron chi connectivity index (χ4n) is 4.53. The van der Waals surface area contributed by atoms with Crippen LogP contribution in [-0.4, -0.2) is 30.1 Å². The summed E-state index contributed by atoms with van der Waals surface area (Å²) in [4.78, 5) is 17.7. The predicted molar refractivity (Wildman–Crippen MR) is 114 cm³/mol. The zero-order valence-electron chi connectivity index (χ0n) is 16.7. The van der Waals surface area contributed by atoms with Crippen LogP contribution in [0.5, 0.6) is 0 Å². The molecule has 1 aliphatic heterocycles. The van der Waals surface area contributed by atoms with Gasteiger partial charge in [0.25, 0.3) is 0 Å². The number of nitrogens with zero attached hydrogens (tertiary/aromatic N) is 1. The second-order valence-electron chi connectivity index (χ2n) is 8.52. The van der Waals surface area contributed by atoms with E-state index < -0.39 is 0 Å². The van der Waals surface area contributed by atoms with Crippen molar-refractivity contribution in [3.8, 4) is 0 Å². The third-order valence-electron chi connectivity index (χ3n) is 6.53. The number of nitrogens with one attached hydrogen (secondary N) is 1. The van der Waals surface area contributed by atoms with Crippen molar-refractivity contribution >= 4 is 16.8 Å². The third kappa shape index (κ3) is 3.42. The van der Waals surface area contributed by atoms with Crippen molar-refractivity contribution in [3.63, 3.8) is 0 Å². The molecule has 0 bridgehead atoms. The Balaban J connectivity index is 1.32. The van der Waals surface area contributed by atoms with Gasteiger partial charge in [-0.3, -0.25) is 9.78 Å². The highest BCUT2D eigenvalue weighted by molar-refractivity contribution is 5.91. The first kappa shape index (κ1) is 18.3. The molecule has 1 aliphatic carbocycles. The number of fused-ring (bicyclic) bond motifs is 1. The molecule has 1 N–H and O–H groups in total. The number of amides is 1. The zero-order valence-corrected chi connectivity index (χ0v) is 16.7. The van der Waals surface area contributed by atoms with Gasteiger partial charge in [0.1, 0.15) is 0 Å². The molecule has 2 aromatic carbocycles. The number of aromatic nitrogens is 1. The smallest absolute Gasteiger partial charge is 0.230 e. The highest BCUT2D eigenvalue weighted by atomic mass is 16.5. The van der Waals surface area contributed by atoms with Crippen LogP contribution in [0.2, 0.25) is 0 Å². The number of rotatable bonds is 5. The van der Waals surface area contributed by atoms with Gasteiger partial charge in [0.2, 0.25) is 5.91 Å². The summed E-state index contributed by atoms with van der Waals surface area (Å²) < 4.78 is 5.78. The van der Waals surface area contributed by atoms with Crippen molar-refractivity contribution in [2.24, 2.45) is 5.92 Å². The van der Waals surface area contributed by atoms with E-state index >= 15 is 0 Å². The summed E-state index contributed by atoms with van der Waals surface area (Å²) in [7, 11) is 0. The van der Waals surface area contributed by atoms with Crippen molar-refractivity contribution in [3.05, 3.63) is 77.5 Å². The van der Waals surface area contributed by atoms with Crippen LogP contribution in [0.3, 0.4) is 0 Å². The number of para-hydroxylation sites is 1. The molecule has 2 fully saturated rings. The zero-order chi connectivity index (χ0) is 19.8. The molecule has 5 rings (SSSR count). The van der Waals surface area contributed by atoms with E-state index in [4.69, 9.17) is 4.74 Å². The van der Waals surface area contributed by atoms with Crippen LogP contribution in [0.15, 0.2) is 60.8 Å². The maximum atomic E-state index is 13.2. The van der Waals surface area contributed by atoms with E-state index in [9.17, 15) is 4.79 Å². The Morgan fingerprint density at radius 3 is 2.69 bits per heavy atom. The molecule has 2 aliphatic rings. The quantitative estimate of drug-likeness (QED) is 0.722. The number of pyridine rings is 1. The van der Waals surface area contributed by atoms with Crippen molar-refractivity contribution in [1.29, 1.82) is 0 Å². The van der Waals surface area contributed by atoms with Gasteiger partial charge in [-0.15, -0.1) is 0 Å². The van der Waals surface area contributed by atoms with Crippen molar-refractivity contribution in [2.45, 2.75) is 37.6 Å². The van der Waals surface area contributed by atoms with Crippen LogP contribution in [0.4, 0.5) is 0 Å². The Labute approximate surface area is 171 Å². The fraction of sp³-hybridized carbons (Fsp3) is 0.360. The summed E-state index contributed by atoms with van der Waals surface area (Å²) in [5.74, 6) is 0.431. The van der Waals surface area contributed by atoms with Gasteiger partial charge in [-0.05, 0) is 49.4 Å². The van der Waals surface area contributed by atoms with Crippen LogP contribution in [0, 0.1) is 12.8 Å². The number of ether oxygens (including phenoxy) is 1. The van der Waals surface area contributed by atoms with E-state index in [1.54, 1.807) is 0 Å². The standard InChI is InChI=1S/C25H26N2O2/c1-17-6-8-20(9-7-17)25(11-12-25)24(28)27-23-16-29-15-19(23)14-18-10-13-26-22-5-3-2-4-21(18)22/h2-10,13,19,23H,11-12,14-16H2,1H3,(H,27,28)/t19-,23+/m1/s1. The lowest BCUT2D eigenvalue weighted by molar-refractivity contribution is -0.124. The van der Waals surface area contributed by atoms with Crippen LogP contribution >= 0.6 is 0 Å². The first-order valence-corrected chi connectivity index (χ1v) is 10.4. The van der Waals surface area contributed by atoms with Gasteiger partial charge in [0, 0.05) is 17.5 Å². The third-order valence-corrected chi connectivity index (χ3v) is 6.53. The molecule has 1 saturated heterocycles. The molecule has 148 valence electrons. The van der Waals surface area contributed by atoms with Crippen molar-refractivity contribution in [1.82, 2.24) is 10.3 Å². The Bertz CT molecular complexity index is 1030. The molecule has 3 aromatic rings. The average Bonchev–Trinajstić information content (AvgIpc) is 3.45. The van der Waals surface area contributed by atoms with E-state index in [1.165, 1.54) is 16.5 Å². The van der Waals surface area contributed by atoms with Gasteiger partial charge in [-0.25, -0.2) is 0 Å². The normalized spacial score (nSPS) is 22.5. The van der Waals surface area contributed by atoms with Gasteiger partial charge < -0.3 is 10.1 Å². The number of benzene rings is 2. The molecular weight excluding hydrogens is 360 g/mol. The lowest BCUT2D eigenvalue weighted by atomic mass is 9.90. The summed E-state index contributed by atoms with van der Waals surface area (Å²) in [6, 6.07) is 18.8. The summed E-state index contributed by atoms with van der Waals surface area (Å²) >= 11 is 0. The van der Waals surface area contributed by atoms with Gasteiger partial charge in [-0.1, -0.05) is 48.0 Å². The molecule has 1 aromatic heterocycles. The molecule has 4 nitrogen and oxygen atoms in total. The second-order valence-corrected chi connectivity index (χ2v) is 8.52. The van der Waals surface area contributed by atoms with Crippen LogP contribution in [-0.2, 0) is 21.4 Å². The van der Waals surface area contributed by atoms with E-state index in [-0.39, 0.29) is 23.3 Å². The lowest BCUT2D eigenvalue weighted by Gasteiger charge is -2.23. The van der Waals surface area contributed by atoms with Crippen LogP contribution < -0.4 is 5.32 Å². The molecule has 29 heavy (non-hydrogen) atoms. The molecule has 2 heterocycles. The molecule has 0 radical (unpaired) electrons. The van der Waals surface area contributed by atoms with E-state index in [2.05, 4.69) is 59.7 Å². The molecular formula is C25H26N2O2. The number of hydrogen-bond donors (Lipinski definition) is 1. The maximum absolute atomic E-state index is 13.2. The lowest BCUT2D eigenvalue weighted by Crippen LogP contribution is -2.45. The fourth-order valence-corrected chi connectivity index (χ4v) is 4.53. The number of aryl methyl sites for hydroxylation is 1. The number of carbonyl (C=O) groups excluding carboxylic acids is 1. The Morgan fingerprint density at radius 2 is 1.90 bits per heavy atom. The van der Waals surface area contributed by atoms with Gasteiger partial charge in [-0.2, -0.15) is 0 Å². The molecule has 0 unspecified atom stereocenters. The van der Waals surface area contributed by atoms with Crippen molar-refractivity contribution in [2.75, 3.05) is 13.2 Å². The Hall–Kier alpha value is -2.72. The monoisotopic (exact) mass is 386 g/mol. The molecule has 1 amide bonds. The molecule has 1 saturated carbocycles. The minimum absolute atomic E-state index is 0.0531. The number of carbonyl (C=O) groups is 1.